The molecule has 0 atom stereocenters. The molecule has 0 radical (unpaired) electrons. The lowest BCUT2D eigenvalue weighted by atomic mass is 10.2. The molecule has 0 aliphatic heterocycles. The lowest BCUT2D eigenvalue weighted by Gasteiger charge is -2.09. The van der Waals surface area contributed by atoms with Crippen molar-refractivity contribution in [2.45, 2.75) is 26.2 Å². The zero-order valence-corrected chi connectivity index (χ0v) is 15.1. The van der Waals surface area contributed by atoms with Gasteiger partial charge in [-0.1, -0.05) is 25.4 Å². The third-order valence-corrected chi connectivity index (χ3v) is 3.94. The SMILES string of the molecule is CC(C)c1nc2nc(NCCCN)nc(Nc3ccc(Cl)cc3)c2[nH]1. The number of aromatic nitrogens is 4. The van der Waals surface area contributed by atoms with Crippen LogP contribution < -0.4 is 16.4 Å². The molecule has 0 amide bonds. The molecule has 2 aromatic heterocycles. The molecule has 5 N–H and O–H groups in total. The number of hydrogen-bond acceptors (Lipinski definition) is 6. The van der Waals surface area contributed by atoms with E-state index >= 15 is 0 Å². The van der Waals surface area contributed by atoms with E-state index in [1.54, 1.807) is 0 Å². The summed E-state index contributed by atoms with van der Waals surface area (Å²) in [5.41, 5.74) is 7.84. The Hall–Kier alpha value is -2.38. The standard InChI is InChI=1S/C17H22ClN7/c1-10(2)14-22-13-15(21-12-6-4-11(18)5-7-12)24-17(20-9-3-8-19)25-16(13)23-14/h4-7,10H,3,8-9,19H2,1-2H3,(H3,20,21,22,23,24,25). The summed E-state index contributed by atoms with van der Waals surface area (Å²) in [7, 11) is 0. The van der Waals surface area contributed by atoms with Crippen LogP contribution in [0.4, 0.5) is 17.5 Å². The van der Waals surface area contributed by atoms with Crippen LogP contribution in [0.25, 0.3) is 11.2 Å². The smallest absolute Gasteiger partial charge is 0.226 e. The summed E-state index contributed by atoms with van der Waals surface area (Å²) in [6, 6.07) is 7.46. The number of aromatic amines is 1. The fourth-order valence-corrected chi connectivity index (χ4v) is 2.46. The molecule has 0 fully saturated rings. The second-order valence-corrected chi connectivity index (χ2v) is 6.51. The number of hydrogen-bond donors (Lipinski definition) is 4. The third kappa shape index (κ3) is 4.18. The topological polar surface area (TPSA) is 105 Å². The number of halogens is 1. The van der Waals surface area contributed by atoms with E-state index in [0.717, 1.165) is 23.4 Å². The highest BCUT2D eigenvalue weighted by molar-refractivity contribution is 6.30. The largest absolute Gasteiger partial charge is 0.354 e. The molecule has 0 aliphatic rings. The fraction of sp³-hybridized carbons (Fsp3) is 0.353. The van der Waals surface area contributed by atoms with Crippen LogP contribution in [0.2, 0.25) is 5.02 Å². The maximum Gasteiger partial charge on any atom is 0.226 e. The van der Waals surface area contributed by atoms with Crippen LogP contribution in [0.5, 0.6) is 0 Å². The number of rotatable bonds is 7. The number of nitrogens with one attached hydrogen (secondary N) is 3. The van der Waals surface area contributed by atoms with Crippen molar-refractivity contribution >= 4 is 40.2 Å². The molecule has 0 spiro atoms. The maximum atomic E-state index is 5.95. The number of H-pyrrole nitrogens is 1. The lowest BCUT2D eigenvalue weighted by molar-refractivity contribution is 0.798. The molecule has 8 heteroatoms. The van der Waals surface area contributed by atoms with Crippen LogP contribution in [-0.2, 0) is 0 Å². The Labute approximate surface area is 151 Å². The number of nitrogens with two attached hydrogens (primary N) is 1. The van der Waals surface area contributed by atoms with Crippen molar-refractivity contribution in [1.29, 1.82) is 0 Å². The lowest BCUT2D eigenvalue weighted by Crippen LogP contribution is -2.11. The fourth-order valence-electron chi connectivity index (χ4n) is 2.33. The Kier molecular flexibility index (Phi) is 5.35. The highest BCUT2D eigenvalue weighted by Crippen LogP contribution is 2.26. The van der Waals surface area contributed by atoms with E-state index in [1.165, 1.54) is 0 Å². The molecule has 132 valence electrons. The van der Waals surface area contributed by atoms with Gasteiger partial charge in [0.1, 0.15) is 11.3 Å². The molecule has 1 aromatic carbocycles. The first-order valence-electron chi connectivity index (χ1n) is 8.31. The van der Waals surface area contributed by atoms with Gasteiger partial charge in [-0.2, -0.15) is 9.97 Å². The van der Waals surface area contributed by atoms with Crippen molar-refractivity contribution in [3.05, 3.63) is 35.1 Å². The predicted octanol–water partition coefficient (Wildman–Crippen LogP) is 3.63. The molecule has 0 saturated carbocycles. The van der Waals surface area contributed by atoms with E-state index in [9.17, 15) is 0 Å². The van der Waals surface area contributed by atoms with Gasteiger partial charge in [-0.15, -0.1) is 0 Å². The zero-order chi connectivity index (χ0) is 17.8. The van der Waals surface area contributed by atoms with Gasteiger partial charge in [0.15, 0.2) is 11.5 Å². The van der Waals surface area contributed by atoms with Crippen LogP contribution in [0.1, 0.15) is 32.0 Å². The van der Waals surface area contributed by atoms with Crippen molar-refractivity contribution < 1.29 is 0 Å². The molecule has 7 nitrogen and oxygen atoms in total. The van der Waals surface area contributed by atoms with Gasteiger partial charge in [-0.25, -0.2) is 4.98 Å². The molecular formula is C17H22ClN7. The zero-order valence-electron chi connectivity index (χ0n) is 14.3. The van der Waals surface area contributed by atoms with Crippen LogP contribution in [-0.4, -0.2) is 33.0 Å². The molecular weight excluding hydrogens is 338 g/mol. The summed E-state index contributed by atoms with van der Waals surface area (Å²) in [5.74, 6) is 2.34. The quantitative estimate of drug-likeness (QED) is 0.480. The summed E-state index contributed by atoms with van der Waals surface area (Å²) >= 11 is 5.95. The number of nitrogens with zero attached hydrogens (tertiary/aromatic N) is 3. The van der Waals surface area contributed by atoms with Crippen molar-refractivity contribution in [3.8, 4) is 0 Å². The summed E-state index contributed by atoms with van der Waals surface area (Å²) in [6.45, 7) is 5.49. The molecule has 0 bridgehead atoms. The van der Waals surface area contributed by atoms with Gasteiger partial charge in [0.05, 0.1) is 0 Å². The van der Waals surface area contributed by atoms with E-state index in [-0.39, 0.29) is 5.92 Å². The molecule has 0 aliphatic carbocycles. The monoisotopic (exact) mass is 359 g/mol. The number of benzene rings is 1. The first-order valence-corrected chi connectivity index (χ1v) is 8.69. The van der Waals surface area contributed by atoms with Gasteiger partial charge in [-0.3, -0.25) is 0 Å². The Morgan fingerprint density at radius 2 is 1.92 bits per heavy atom. The van der Waals surface area contributed by atoms with Crippen LogP contribution in [0, 0.1) is 0 Å². The van der Waals surface area contributed by atoms with E-state index < -0.39 is 0 Å². The van der Waals surface area contributed by atoms with Gasteiger partial charge in [-0.05, 0) is 37.2 Å². The van der Waals surface area contributed by atoms with Crippen LogP contribution >= 0.6 is 11.6 Å². The Morgan fingerprint density at radius 3 is 2.60 bits per heavy atom. The molecule has 25 heavy (non-hydrogen) atoms. The van der Waals surface area contributed by atoms with E-state index in [4.69, 9.17) is 17.3 Å². The first kappa shape index (κ1) is 17.4. The molecule has 2 heterocycles. The van der Waals surface area contributed by atoms with Crippen molar-refractivity contribution in [2.75, 3.05) is 23.7 Å². The highest BCUT2D eigenvalue weighted by atomic mass is 35.5. The van der Waals surface area contributed by atoms with Crippen LogP contribution in [0.3, 0.4) is 0 Å². The molecule has 0 saturated heterocycles. The van der Waals surface area contributed by atoms with Crippen molar-refractivity contribution in [1.82, 2.24) is 19.9 Å². The van der Waals surface area contributed by atoms with Gasteiger partial charge < -0.3 is 21.4 Å². The maximum absolute atomic E-state index is 5.95. The third-order valence-electron chi connectivity index (χ3n) is 3.69. The predicted molar refractivity (Wildman–Crippen MR) is 103 cm³/mol. The van der Waals surface area contributed by atoms with E-state index in [1.807, 2.05) is 24.3 Å². The Balaban J connectivity index is 1.98. The van der Waals surface area contributed by atoms with Gasteiger partial charge in [0, 0.05) is 23.2 Å². The second-order valence-electron chi connectivity index (χ2n) is 6.07. The van der Waals surface area contributed by atoms with Gasteiger partial charge >= 0.3 is 0 Å². The number of anilines is 3. The summed E-state index contributed by atoms with van der Waals surface area (Å²) in [5, 5.41) is 7.19. The average Bonchev–Trinajstić information content (AvgIpc) is 3.02. The second kappa shape index (κ2) is 7.67. The number of imidazole rings is 1. The number of fused-ring (bicyclic) bond motifs is 1. The van der Waals surface area contributed by atoms with Crippen LogP contribution in [0.15, 0.2) is 24.3 Å². The molecule has 3 rings (SSSR count). The van der Waals surface area contributed by atoms with E-state index in [2.05, 4.69) is 44.4 Å². The molecule has 3 aromatic rings. The first-order chi connectivity index (χ1) is 12.1. The summed E-state index contributed by atoms with van der Waals surface area (Å²) in [4.78, 5) is 17.0. The average molecular weight is 360 g/mol. The summed E-state index contributed by atoms with van der Waals surface area (Å²) < 4.78 is 0. The Bertz CT molecular complexity index is 842. The minimum atomic E-state index is 0.270. The minimum absolute atomic E-state index is 0.270. The highest BCUT2D eigenvalue weighted by Gasteiger charge is 2.14. The molecule has 0 unspecified atom stereocenters. The summed E-state index contributed by atoms with van der Waals surface area (Å²) in [6.07, 6.45) is 0.846. The van der Waals surface area contributed by atoms with Gasteiger partial charge in [0.2, 0.25) is 5.95 Å². The van der Waals surface area contributed by atoms with Crippen molar-refractivity contribution in [3.63, 3.8) is 0 Å². The minimum Gasteiger partial charge on any atom is -0.354 e. The van der Waals surface area contributed by atoms with E-state index in [0.29, 0.717) is 35.5 Å². The normalized spacial score (nSPS) is 11.2. The van der Waals surface area contributed by atoms with Gasteiger partial charge in [0.25, 0.3) is 0 Å². The Morgan fingerprint density at radius 1 is 1.16 bits per heavy atom. The van der Waals surface area contributed by atoms with Crippen molar-refractivity contribution in [2.24, 2.45) is 5.73 Å².